The van der Waals surface area contributed by atoms with Crippen molar-refractivity contribution in [2.45, 2.75) is 13.5 Å². The molecule has 0 saturated heterocycles. The summed E-state index contributed by atoms with van der Waals surface area (Å²) in [5.41, 5.74) is 1.06. The van der Waals surface area contributed by atoms with Crippen molar-refractivity contribution in [3.05, 3.63) is 65.1 Å². The molecule has 3 aromatic rings. The van der Waals surface area contributed by atoms with Crippen molar-refractivity contribution in [1.82, 2.24) is 15.2 Å². The Kier molecular flexibility index (Phi) is 5.97. The van der Waals surface area contributed by atoms with Crippen molar-refractivity contribution < 1.29 is 18.4 Å². The van der Waals surface area contributed by atoms with Gasteiger partial charge in [-0.3, -0.25) is 9.59 Å². The van der Waals surface area contributed by atoms with Gasteiger partial charge in [0.05, 0.1) is 12.8 Å². The first kappa shape index (κ1) is 18.8. The average molecular weight is 387 g/mol. The molecule has 0 bridgehead atoms. The normalized spacial score (nSPS) is 10.6. The number of rotatable bonds is 7. The molecule has 3 rings (SSSR count). The van der Waals surface area contributed by atoms with Crippen LogP contribution in [-0.4, -0.2) is 34.8 Å². The maximum absolute atomic E-state index is 12.9. The summed E-state index contributed by atoms with van der Waals surface area (Å²) in [6.07, 6.45) is 1.54. The van der Waals surface area contributed by atoms with Gasteiger partial charge >= 0.3 is 0 Å². The highest BCUT2D eigenvalue weighted by Crippen LogP contribution is 2.24. The Labute approximate surface area is 159 Å². The number of hydrogen-bond donors (Lipinski definition) is 1. The van der Waals surface area contributed by atoms with E-state index in [9.17, 15) is 14.0 Å². The summed E-state index contributed by atoms with van der Waals surface area (Å²) in [5.74, 6) is -0.344. The quantitative estimate of drug-likeness (QED) is 0.675. The monoisotopic (exact) mass is 387 g/mol. The Morgan fingerprint density at radius 2 is 2.04 bits per heavy atom. The van der Waals surface area contributed by atoms with Crippen LogP contribution in [-0.2, 0) is 11.3 Å². The van der Waals surface area contributed by atoms with E-state index in [1.807, 2.05) is 0 Å². The highest BCUT2D eigenvalue weighted by atomic mass is 32.1. The largest absolute Gasteiger partial charge is 0.462 e. The minimum Gasteiger partial charge on any atom is -0.462 e. The number of nitrogens with zero attached hydrogens (tertiary/aromatic N) is 2. The van der Waals surface area contributed by atoms with Gasteiger partial charge in [0.2, 0.25) is 5.91 Å². The molecule has 140 valence electrons. The second kappa shape index (κ2) is 8.59. The lowest BCUT2D eigenvalue weighted by molar-refractivity contribution is -0.121. The van der Waals surface area contributed by atoms with Crippen LogP contribution in [0.1, 0.15) is 23.0 Å². The summed E-state index contributed by atoms with van der Waals surface area (Å²) in [4.78, 5) is 30.5. The molecule has 6 nitrogen and oxygen atoms in total. The minimum atomic E-state index is -0.329. The first-order valence-electron chi connectivity index (χ1n) is 8.36. The number of thiazole rings is 1. The number of hydrogen-bond acceptors (Lipinski definition) is 5. The first-order valence-corrected chi connectivity index (χ1v) is 9.24. The van der Waals surface area contributed by atoms with Crippen LogP contribution in [0.4, 0.5) is 4.39 Å². The van der Waals surface area contributed by atoms with Crippen molar-refractivity contribution in [2.75, 3.05) is 13.1 Å². The maximum atomic E-state index is 12.9. The lowest BCUT2D eigenvalue weighted by Crippen LogP contribution is -2.40. The first-order chi connectivity index (χ1) is 13.1. The Bertz CT molecular complexity index is 907. The highest BCUT2D eigenvalue weighted by molar-refractivity contribution is 7.13. The highest BCUT2D eigenvalue weighted by Gasteiger charge is 2.20. The third kappa shape index (κ3) is 4.79. The zero-order chi connectivity index (χ0) is 19.2. The molecule has 1 N–H and O–H groups in total. The van der Waals surface area contributed by atoms with Crippen LogP contribution in [0.3, 0.4) is 0 Å². The SMILES string of the molecule is CCN(CC(=O)NCc1ccc(F)cc1)C(=O)c1csc(-c2ccco2)n1. The van der Waals surface area contributed by atoms with E-state index in [1.165, 1.54) is 28.4 Å². The lowest BCUT2D eigenvalue weighted by atomic mass is 10.2. The summed E-state index contributed by atoms with van der Waals surface area (Å²) in [7, 11) is 0. The molecule has 1 aromatic carbocycles. The van der Waals surface area contributed by atoms with Gasteiger partial charge in [-0.2, -0.15) is 0 Å². The van der Waals surface area contributed by atoms with Gasteiger partial charge in [0, 0.05) is 18.5 Å². The molecule has 0 fully saturated rings. The number of furan rings is 1. The molecule has 0 radical (unpaired) electrons. The van der Waals surface area contributed by atoms with E-state index in [0.717, 1.165) is 5.56 Å². The molecule has 0 saturated carbocycles. The van der Waals surface area contributed by atoms with Gasteiger partial charge in [0.1, 0.15) is 11.5 Å². The van der Waals surface area contributed by atoms with Crippen LogP contribution in [0.5, 0.6) is 0 Å². The van der Waals surface area contributed by atoms with E-state index in [4.69, 9.17) is 4.42 Å². The molecule has 0 aliphatic carbocycles. The molecule has 27 heavy (non-hydrogen) atoms. The van der Waals surface area contributed by atoms with Crippen molar-refractivity contribution in [3.8, 4) is 10.8 Å². The van der Waals surface area contributed by atoms with Gasteiger partial charge in [-0.1, -0.05) is 12.1 Å². The Morgan fingerprint density at radius 3 is 2.70 bits per heavy atom. The number of carbonyl (C=O) groups excluding carboxylic acids is 2. The van der Waals surface area contributed by atoms with Crippen LogP contribution in [0.25, 0.3) is 10.8 Å². The molecule has 2 heterocycles. The standard InChI is InChI=1S/C19H18FN3O3S/c1-2-23(11-17(24)21-10-13-5-7-14(20)8-6-13)19(25)15-12-27-18(22-15)16-4-3-9-26-16/h3-9,12H,2,10-11H2,1H3,(H,21,24). The van der Waals surface area contributed by atoms with Gasteiger partial charge in [0.25, 0.3) is 5.91 Å². The number of halogens is 1. The molecular formula is C19H18FN3O3S. The van der Waals surface area contributed by atoms with Gasteiger partial charge in [0.15, 0.2) is 10.8 Å². The van der Waals surface area contributed by atoms with Gasteiger partial charge < -0.3 is 14.6 Å². The van der Waals surface area contributed by atoms with Gasteiger partial charge in [-0.15, -0.1) is 11.3 Å². The van der Waals surface area contributed by atoms with Crippen molar-refractivity contribution in [3.63, 3.8) is 0 Å². The summed E-state index contributed by atoms with van der Waals surface area (Å²) >= 11 is 1.31. The molecule has 0 spiro atoms. The van der Waals surface area contributed by atoms with Crippen molar-refractivity contribution >= 4 is 23.2 Å². The molecule has 8 heteroatoms. The summed E-state index contributed by atoms with van der Waals surface area (Å²) < 4.78 is 18.2. The van der Waals surface area contributed by atoms with Crippen LogP contribution in [0.15, 0.2) is 52.5 Å². The molecule has 0 unspecified atom stereocenters. The molecule has 0 atom stereocenters. The van der Waals surface area contributed by atoms with E-state index < -0.39 is 0 Å². The van der Waals surface area contributed by atoms with E-state index in [-0.39, 0.29) is 36.4 Å². The zero-order valence-electron chi connectivity index (χ0n) is 14.6. The van der Waals surface area contributed by atoms with Crippen LogP contribution >= 0.6 is 11.3 Å². The van der Waals surface area contributed by atoms with Crippen LogP contribution in [0.2, 0.25) is 0 Å². The zero-order valence-corrected chi connectivity index (χ0v) is 15.5. The Morgan fingerprint density at radius 1 is 1.26 bits per heavy atom. The van der Waals surface area contributed by atoms with Crippen molar-refractivity contribution in [2.24, 2.45) is 0 Å². The van der Waals surface area contributed by atoms with Crippen LogP contribution in [0, 0.1) is 5.82 Å². The van der Waals surface area contributed by atoms with Gasteiger partial charge in [-0.25, -0.2) is 9.37 Å². The molecular weight excluding hydrogens is 369 g/mol. The fraction of sp³-hybridized carbons (Fsp3) is 0.211. The second-order valence-corrected chi connectivity index (χ2v) is 6.60. The third-order valence-corrected chi connectivity index (χ3v) is 4.72. The van der Waals surface area contributed by atoms with E-state index in [2.05, 4.69) is 10.3 Å². The average Bonchev–Trinajstić information content (AvgIpc) is 3.36. The van der Waals surface area contributed by atoms with Crippen molar-refractivity contribution in [1.29, 1.82) is 0 Å². The molecule has 0 aliphatic heterocycles. The number of amides is 2. The smallest absolute Gasteiger partial charge is 0.273 e. The predicted octanol–water partition coefficient (Wildman–Crippen LogP) is 3.32. The summed E-state index contributed by atoms with van der Waals surface area (Å²) in [5, 5.41) is 4.99. The third-order valence-electron chi connectivity index (χ3n) is 3.86. The van der Waals surface area contributed by atoms with E-state index >= 15 is 0 Å². The topological polar surface area (TPSA) is 75.4 Å². The van der Waals surface area contributed by atoms with Crippen LogP contribution < -0.4 is 5.32 Å². The Hall–Kier alpha value is -3.00. The number of aromatic nitrogens is 1. The number of likely N-dealkylation sites (N-methyl/N-ethyl adjacent to an activating group) is 1. The fourth-order valence-electron chi connectivity index (χ4n) is 2.41. The molecule has 0 aliphatic rings. The Balaban J connectivity index is 1.58. The maximum Gasteiger partial charge on any atom is 0.273 e. The second-order valence-electron chi connectivity index (χ2n) is 5.74. The summed E-state index contributed by atoms with van der Waals surface area (Å²) in [6, 6.07) is 9.40. The number of nitrogens with one attached hydrogen (secondary N) is 1. The van der Waals surface area contributed by atoms with E-state index in [0.29, 0.717) is 17.3 Å². The molecule has 2 aromatic heterocycles. The molecule has 2 amide bonds. The number of carbonyl (C=O) groups is 2. The summed E-state index contributed by atoms with van der Waals surface area (Å²) in [6.45, 7) is 2.36. The lowest BCUT2D eigenvalue weighted by Gasteiger charge is -2.19. The minimum absolute atomic E-state index is 0.0792. The predicted molar refractivity (Wildman–Crippen MR) is 99.6 cm³/mol. The number of benzene rings is 1. The fourth-order valence-corrected chi connectivity index (χ4v) is 3.17. The van der Waals surface area contributed by atoms with Gasteiger partial charge in [-0.05, 0) is 36.8 Å². The van der Waals surface area contributed by atoms with E-state index in [1.54, 1.807) is 42.8 Å².